The highest BCUT2D eigenvalue weighted by molar-refractivity contribution is 5.34. The van der Waals surface area contributed by atoms with Crippen LogP contribution in [0.4, 0.5) is 0 Å². The molecular weight excluding hydrogens is 168 g/mol. The molecule has 0 unspecified atom stereocenters. The average Bonchev–Trinajstić information content (AvgIpc) is 2.54. The van der Waals surface area contributed by atoms with Gasteiger partial charge < -0.3 is 0 Å². The predicted octanol–water partition coefficient (Wildman–Crippen LogP) is 3.73. The lowest BCUT2D eigenvalue weighted by molar-refractivity contribution is 1.08. The van der Waals surface area contributed by atoms with Gasteiger partial charge in [0, 0.05) is 0 Å². The van der Waals surface area contributed by atoms with E-state index in [-0.39, 0.29) is 0 Å². The number of hydrogen-bond donors (Lipinski definition) is 0. The zero-order valence-electron chi connectivity index (χ0n) is 8.88. The van der Waals surface area contributed by atoms with E-state index in [2.05, 4.69) is 50.3 Å². The quantitative estimate of drug-likeness (QED) is 0.657. The lowest BCUT2D eigenvalue weighted by Crippen LogP contribution is -1.90. The van der Waals surface area contributed by atoms with Crippen molar-refractivity contribution in [1.29, 1.82) is 0 Å². The molecule has 0 amide bonds. The Hall–Kier alpha value is -1.30. The molecule has 0 spiro atoms. The summed E-state index contributed by atoms with van der Waals surface area (Å²) >= 11 is 0. The summed E-state index contributed by atoms with van der Waals surface area (Å²) in [6.07, 6.45) is 8.84. The van der Waals surface area contributed by atoms with Gasteiger partial charge in [0.25, 0.3) is 0 Å². The van der Waals surface area contributed by atoms with Crippen LogP contribution in [0.25, 0.3) is 0 Å². The van der Waals surface area contributed by atoms with Crippen LogP contribution in [-0.4, -0.2) is 0 Å². The topological polar surface area (TPSA) is 0 Å². The Morgan fingerprint density at radius 3 is 2.36 bits per heavy atom. The monoisotopic (exact) mass is 184 g/mol. The van der Waals surface area contributed by atoms with Crippen LogP contribution in [-0.2, 0) is 6.42 Å². The molecule has 0 heteroatoms. The van der Waals surface area contributed by atoms with E-state index < -0.39 is 0 Å². The molecule has 1 aromatic carbocycles. The summed E-state index contributed by atoms with van der Waals surface area (Å²) in [6.45, 7) is 4.33. The van der Waals surface area contributed by atoms with E-state index in [1.165, 1.54) is 22.3 Å². The van der Waals surface area contributed by atoms with Crippen molar-refractivity contribution in [1.82, 2.24) is 0 Å². The van der Waals surface area contributed by atoms with Crippen LogP contribution in [0.3, 0.4) is 0 Å². The normalized spacial score (nSPS) is 14.6. The summed E-state index contributed by atoms with van der Waals surface area (Å²) in [7, 11) is 0. The summed E-state index contributed by atoms with van der Waals surface area (Å²) in [4.78, 5) is 0. The minimum absolute atomic E-state index is 1.11. The van der Waals surface area contributed by atoms with Crippen molar-refractivity contribution in [3.63, 3.8) is 0 Å². The first-order chi connectivity index (χ1) is 6.74. The summed E-state index contributed by atoms with van der Waals surface area (Å²) in [5.41, 5.74) is 5.70. The molecular formula is C14H16. The van der Waals surface area contributed by atoms with Crippen LogP contribution in [0.15, 0.2) is 42.0 Å². The first-order valence-electron chi connectivity index (χ1n) is 5.16. The maximum Gasteiger partial charge on any atom is -0.00607 e. The van der Waals surface area contributed by atoms with Crippen molar-refractivity contribution in [2.24, 2.45) is 0 Å². The van der Waals surface area contributed by atoms with Crippen LogP contribution in [0.1, 0.15) is 23.1 Å². The molecule has 1 aromatic rings. The van der Waals surface area contributed by atoms with Crippen LogP contribution < -0.4 is 0 Å². The molecule has 0 nitrogen and oxygen atoms in total. The van der Waals surface area contributed by atoms with Crippen molar-refractivity contribution >= 4 is 0 Å². The zero-order valence-corrected chi connectivity index (χ0v) is 8.88. The Bertz CT molecular complexity index is 374. The van der Waals surface area contributed by atoms with Gasteiger partial charge in [0.05, 0.1) is 0 Å². The molecule has 0 radical (unpaired) electrons. The molecule has 1 aliphatic carbocycles. The second-order valence-electron chi connectivity index (χ2n) is 4.13. The summed E-state index contributed by atoms with van der Waals surface area (Å²) in [6, 6.07) is 6.79. The third-order valence-electron chi connectivity index (χ3n) is 2.56. The van der Waals surface area contributed by atoms with E-state index in [9.17, 15) is 0 Å². The summed E-state index contributed by atoms with van der Waals surface area (Å²) in [5, 5.41) is 0. The highest BCUT2D eigenvalue weighted by atomic mass is 14.1. The van der Waals surface area contributed by atoms with Crippen molar-refractivity contribution < 1.29 is 0 Å². The lowest BCUT2D eigenvalue weighted by Gasteiger charge is -2.05. The van der Waals surface area contributed by atoms with Crippen LogP contribution in [0.2, 0.25) is 0 Å². The molecule has 0 fully saturated rings. The van der Waals surface area contributed by atoms with E-state index in [1.807, 2.05) is 0 Å². The highest BCUT2D eigenvalue weighted by Gasteiger charge is 2.02. The van der Waals surface area contributed by atoms with E-state index in [0.717, 1.165) is 12.8 Å². The average molecular weight is 184 g/mol. The van der Waals surface area contributed by atoms with Gasteiger partial charge in [0.1, 0.15) is 0 Å². The summed E-state index contributed by atoms with van der Waals surface area (Å²) < 4.78 is 0. The van der Waals surface area contributed by atoms with Crippen LogP contribution in [0, 0.1) is 13.8 Å². The predicted molar refractivity (Wildman–Crippen MR) is 61.5 cm³/mol. The molecule has 0 aliphatic heterocycles. The standard InChI is InChI=1S/C14H16/c1-11-7-12(2)9-14(8-11)10-13-5-3-4-6-13/h3-5,7-9H,6,10H2,1-2H3. The van der Waals surface area contributed by atoms with Gasteiger partial charge in [-0.15, -0.1) is 0 Å². The van der Waals surface area contributed by atoms with Crippen molar-refractivity contribution in [2.45, 2.75) is 26.7 Å². The van der Waals surface area contributed by atoms with Gasteiger partial charge in [-0.1, -0.05) is 53.1 Å². The molecule has 72 valence electrons. The first-order valence-corrected chi connectivity index (χ1v) is 5.16. The summed E-state index contributed by atoms with van der Waals surface area (Å²) in [5.74, 6) is 0. The first kappa shape index (κ1) is 9.26. The van der Waals surface area contributed by atoms with E-state index in [0.29, 0.717) is 0 Å². The molecule has 0 atom stereocenters. The third-order valence-corrected chi connectivity index (χ3v) is 2.56. The number of aryl methyl sites for hydroxylation is 2. The molecule has 0 bridgehead atoms. The maximum absolute atomic E-state index is 2.28. The van der Waals surface area contributed by atoms with Crippen molar-refractivity contribution in [2.75, 3.05) is 0 Å². The molecule has 1 aliphatic rings. The zero-order chi connectivity index (χ0) is 9.97. The largest absolute Gasteiger partial charge is 0.0804 e. The fourth-order valence-corrected chi connectivity index (χ4v) is 2.06. The Morgan fingerprint density at radius 1 is 1.07 bits per heavy atom. The smallest absolute Gasteiger partial charge is 0.00607 e. The minimum atomic E-state index is 1.11. The fraction of sp³-hybridized carbons (Fsp3) is 0.286. The molecule has 0 saturated carbocycles. The minimum Gasteiger partial charge on any atom is -0.0804 e. The van der Waals surface area contributed by atoms with Gasteiger partial charge in [0.2, 0.25) is 0 Å². The van der Waals surface area contributed by atoms with Gasteiger partial charge in [0.15, 0.2) is 0 Å². The van der Waals surface area contributed by atoms with Gasteiger partial charge in [-0.25, -0.2) is 0 Å². The molecule has 0 heterocycles. The van der Waals surface area contributed by atoms with Gasteiger partial charge in [-0.2, -0.15) is 0 Å². The maximum atomic E-state index is 2.28. The second-order valence-corrected chi connectivity index (χ2v) is 4.13. The van der Waals surface area contributed by atoms with Crippen molar-refractivity contribution in [3.05, 3.63) is 58.7 Å². The number of benzene rings is 1. The van der Waals surface area contributed by atoms with E-state index >= 15 is 0 Å². The Morgan fingerprint density at radius 2 is 1.79 bits per heavy atom. The third kappa shape index (κ3) is 2.14. The van der Waals surface area contributed by atoms with E-state index in [4.69, 9.17) is 0 Å². The second kappa shape index (κ2) is 3.83. The Kier molecular flexibility index (Phi) is 2.53. The van der Waals surface area contributed by atoms with Gasteiger partial charge in [-0.3, -0.25) is 0 Å². The molecule has 0 N–H and O–H groups in total. The highest BCUT2D eigenvalue weighted by Crippen LogP contribution is 2.18. The number of rotatable bonds is 2. The molecule has 2 rings (SSSR count). The number of allylic oxidation sites excluding steroid dienone is 4. The van der Waals surface area contributed by atoms with Crippen molar-refractivity contribution in [3.8, 4) is 0 Å². The van der Waals surface area contributed by atoms with Gasteiger partial charge in [-0.05, 0) is 32.3 Å². The van der Waals surface area contributed by atoms with Crippen LogP contribution >= 0.6 is 0 Å². The van der Waals surface area contributed by atoms with E-state index in [1.54, 1.807) is 0 Å². The number of hydrogen-bond acceptors (Lipinski definition) is 0. The molecule has 0 aromatic heterocycles. The van der Waals surface area contributed by atoms with Crippen LogP contribution in [0.5, 0.6) is 0 Å². The van der Waals surface area contributed by atoms with Gasteiger partial charge >= 0.3 is 0 Å². The fourth-order valence-electron chi connectivity index (χ4n) is 2.06. The SMILES string of the molecule is Cc1cc(C)cc(CC2=CC=CC2)c1. The molecule has 0 saturated heterocycles. The lowest BCUT2D eigenvalue weighted by atomic mass is 10.0. The molecule has 14 heavy (non-hydrogen) atoms. The Balaban J connectivity index is 2.16. The Labute approximate surface area is 86.0 Å².